The number of nitrogens with zero attached hydrogens (tertiary/aromatic N) is 1. The Kier molecular flexibility index (Phi) is 6.46. The van der Waals surface area contributed by atoms with Crippen molar-refractivity contribution >= 4 is 0 Å². The highest BCUT2D eigenvalue weighted by Gasteiger charge is 2.23. The third kappa shape index (κ3) is 6.91. The summed E-state index contributed by atoms with van der Waals surface area (Å²) in [6.45, 7) is 12.5. The maximum absolute atomic E-state index is 5.72. The van der Waals surface area contributed by atoms with E-state index in [1.807, 2.05) is 0 Å². The molecule has 0 bridgehead atoms. The van der Waals surface area contributed by atoms with Gasteiger partial charge in [0.15, 0.2) is 0 Å². The standard InChI is InChI=1S/C13H30N2/c1-11(14)9-7-8-10-15(6)12(2)13(3,4)5/h11-12H,7-10,14H2,1-6H3. The van der Waals surface area contributed by atoms with Gasteiger partial charge < -0.3 is 10.6 Å². The molecule has 2 atom stereocenters. The van der Waals surface area contributed by atoms with Crippen molar-refractivity contribution in [1.82, 2.24) is 4.90 Å². The molecule has 0 saturated carbocycles. The van der Waals surface area contributed by atoms with E-state index in [1.165, 1.54) is 19.4 Å². The van der Waals surface area contributed by atoms with Crippen LogP contribution in [0, 0.1) is 5.41 Å². The van der Waals surface area contributed by atoms with Crippen molar-refractivity contribution < 1.29 is 0 Å². The van der Waals surface area contributed by atoms with Gasteiger partial charge in [-0.25, -0.2) is 0 Å². The Morgan fingerprint density at radius 2 is 1.67 bits per heavy atom. The lowest BCUT2D eigenvalue weighted by Gasteiger charge is -2.35. The molecule has 2 nitrogen and oxygen atoms in total. The molecule has 0 fully saturated rings. The molecule has 0 aromatic rings. The van der Waals surface area contributed by atoms with E-state index in [0.717, 1.165) is 6.42 Å². The van der Waals surface area contributed by atoms with Crippen LogP contribution in [0.3, 0.4) is 0 Å². The van der Waals surface area contributed by atoms with Crippen molar-refractivity contribution in [3.8, 4) is 0 Å². The Morgan fingerprint density at radius 1 is 1.13 bits per heavy atom. The Balaban J connectivity index is 3.70. The molecule has 0 aromatic heterocycles. The van der Waals surface area contributed by atoms with Crippen LogP contribution in [0.15, 0.2) is 0 Å². The molecule has 0 aromatic carbocycles. The second-order valence-electron chi connectivity index (χ2n) is 6.00. The van der Waals surface area contributed by atoms with E-state index in [-0.39, 0.29) is 0 Å². The first kappa shape index (κ1) is 14.9. The maximum atomic E-state index is 5.72. The predicted molar refractivity (Wildman–Crippen MR) is 69.0 cm³/mol. The van der Waals surface area contributed by atoms with E-state index in [9.17, 15) is 0 Å². The van der Waals surface area contributed by atoms with Gasteiger partial charge in [0.1, 0.15) is 0 Å². The third-order valence-corrected chi connectivity index (χ3v) is 3.33. The molecule has 15 heavy (non-hydrogen) atoms. The number of hydrogen-bond donors (Lipinski definition) is 1. The van der Waals surface area contributed by atoms with Crippen LogP contribution in [0.1, 0.15) is 53.9 Å². The van der Waals surface area contributed by atoms with Crippen LogP contribution in [0.4, 0.5) is 0 Å². The zero-order valence-electron chi connectivity index (χ0n) is 11.5. The van der Waals surface area contributed by atoms with Crippen LogP contribution in [0.25, 0.3) is 0 Å². The zero-order valence-corrected chi connectivity index (χ0v) is 11.5. The Morgan fingerprint density at radius 3 is 2.07 bits per heavy atom. The zero-order chi connectivity index (χ0) is 12.1. The lowest BCUT2D eigenvalue weighted by molar-refractivity contribution is 0.139. The molecule has 0 heterocycles. The number of nitrogens with two attached hydrogens (primary N) is 1. The molecule has 0 amide bonds. The van der Waals surface area contributed by atoms with Gasteiger partial charge in [-0.15, -0.1) is 0 Å². The Bertz CT molecular complexity index is 158. The summed E-state index contributed by atoms with van der Waals surface area (Å²) in [6, 6.07) is 0.989. The fraction of sp³-hybridized carbons (Fsp3) is 1.00. The first-order valence-electron chi connectivity index (χ1n) is 6.21. The molecule has 0 aliphatic carbocycles. The van der Waals surface area contributed by atoms with Crippen molar-refractivity contribution in [3.05, 3.63) is 0 Å². The average molecular weight is 214 g/mol. The molecule has 0 saturated heterocycles. The van der Waals surface area contributed by atoms with Crippen molar-refractivity contribution in [2.24, 2.45) is 11.1 Å². The van der Waals surface area contributed by atoms with Gasteiger partial charge in [-0.3, -0.25) is 0 Å². The van der Waals surface area contributed by atoms with E-state index in [2.05, 4.69) is 46.6 Å². The summed E-state index contributed by atoms with van der Waals surface area (Å²) in [5, 5.41) is 0. The fourth-order valence-corrected chi connectivity index (χ4v) is 1.68. The fourth-order valence-electron chi connectivity index (χ4n) is 1.68. The van der Waals surface area contributed by atoms with Gasteiger partial charge in [0.05, 0.1) is 0 Å². The number of unbranched alkanes of at least 4 members (excludes halogenated alkanes) is 1. The minimum absolute atomic E-state index is 0.357. The minimum atomic E-state index is 0.357. The van der Waals surface area contributed by atoms with Gasteiger partial charge in [-0.2, -0.15) is 0 Å². The topological polar surface area (TPSA) is 29.3 Å². The number of hydrogen-bond acceptors (Lipinski definition) is 2. The van der Waals surface area contributed by atoms with Gasteiger partial charge in [0.2, 0.25) is 0 Å². The first-order chi connectivity index (χ1) is 6.75. The molecule has 2 heteroatoms. The lowest BCUT2D eigenvalue weighted by atomic mass is 9.87. The highest BCUT2D eigenvalue weighted by Crippen LogP contribution is 2.23. The summed E-state index contributed by atoms with van der Waals surface area (Å²) in [5.41, 5.74) is 6.10. The molecule has 0 rings (SSSR count). The predicted octanol–water partition coefficient (Wildman–Crippen LogP) is 2.87. The summed E-state index contributed by atoms with van der Waals surface area (Å²) in [7, 11) is 2.22. The highest BCUT2D eigenvalue weighted by molar-refractivity contribution is 4.77. The van der Waals surface area contributed by atoms with Gasteiger partial charge in [-0.1, -0.05) is 27.2 Å². The molecule has 92 valence electrons. The normalized spacial score (nSPS) is 16.8. The van der Waals surface area contributed by atoms with Crippen LogP contribution in [-0.2, 0) is 0 Å². The second-order valence-corrected chi connectivity index (χ2v) is 6.00. The first-order valence-corrected chi connectivity index (χ1v) is 6.21. The van der Waals surface area contributed by atoms with Gasteiger partial charge in [0.25, 0.3) is 0 Å². The summed E-state index contributed by atoms with van der Waals surface area (Å²) in [5.74, 6) is 0. The monoisotopic (exact) mass is 214 g/mol. The van der Waals surface area contributed by atoms with Gasteiger partial charge in [-0.05, 0) is 45.7 Å². The van der Waals surface area contributed by atoms with E-state index in [4.69, 9.17) is 5.73 Å². The van der Waals surface area contributed by atoms with Crippen LogP contribution >= 0.6 is 0 Å². The van der Waals surface area contributed by atoms with Crippen LogP contribution in [0.5, 0.6) is 0 Å². The Hall–Kier alpha value is -0.0800. The smallest absolute Gasteiger partial charge is 0.0112 e. The van der Waals surface area contributed by atoms with Crippen molar-refractivity contribution in [3.63, 3.8) is 0 Å². The van der Waals surface area contributed by atoms with Crippen LogP contribution < -0.4 is 5.73 Å². The molecule has 0 aliphatic heterocycles. The molecule has 2 N–H and O–H groups in total. The molecular weight excluding hydrogens is 184 g/mol. The summed E-state index contributed by atoms with van der Waals surface area (Å²) >= 11 is 0. The van der Waals surface area contributed by atoms with E-state index in [0.29, 0.717) is 17.5 Å². The van der Waals surface area contributed by atoms with Crippen molar-refractivity contribution in [2.45, 2.75) is 66.0 Å². The summed E-state index contributed by atoms with van der Waals surface area (Å²) in [4.78, 5) is 2.46. The van der Waals surface area contributed by atoms with Crippen LogP contribution in [-0.4, -0.2) is 30.6 Å². The molecular formula is C13H30N2. The van der Waals surface area contributed by atoms with E-state index >= 15 is 0 Å². The lowest BCUT2D eigenvalue weighted by Crippen LogP contribution is -2.39. The average Bonchev–Trinajstić information content (AvgIpc) is 2.09. The second kappa shape index (κ2) is 6.49. The maximum Gasteiger partial charge on any atom is 0.0112 e. The highest BCUT2D eigenvalue weighted by atomic mass is 15.1. The Labute approximate surface area is 96.2 Å². The quantitative estimate of drug-likeness (QED) is 0.689. The molecule has 0 spiro atoms. The molecule has 2 unspecified atom stereocenters. The molecule has 0 aliphatic rings. The summed E-state index contributed by atoms with van der Waals surface area (Å²) in [6.07, 6.45) is 3.66. The van der Waals surface area contributed by atoms with Crippen molar-refractivity contribution in [1.29, 1.82) is 0 Å². The minimum Gasteiger partial charge on any atom is -0.328 e. The molecule has 0 radical (unpaired) electrons. The van der Waals surface area contributed by atoms with Crippen LogP contribution in [0.2, 0.25) is 0 Å². The largest absolute Gasteiger partial charge is 0.328 e. The summed E-state index contributed by atoms with van der Waals surface area (Å²) < 4.78 is 0. The SMILES string of the molecule is CC(N)CCCCN(C)C(C)C(C)(C)C. The van der Waals surface area contributed by atoms with E-state index < -0.39 is 0 Å². The van der Waals surface area contributed by atoms with Crippen molar-refractivity contribution in [2.75, 3.05) is 13.6 Å². The van der Waals surface area contributed by atoms with Gasteiger partial charge in [0, 0.05) is 12.1 Å². The van der Waals surface area contributed by atoms with Gasteiger partial charge >= 0.3 is 0 Å². The van der Waals surface area contributed by atoms with E-state index in [1.54, 1.807) is 0 Å². The number of rotatable bonds is 6. The third-order valence-electron chi connectivity index (χ3n) is 3.33.